The number of carbonyl (C=O) groups is 2. The first kappa shape index (κ1) is 28.0. The molecule has 1 aliphatic heterocycles. The van der Waals surface area contributed by atoms with Crippen molar-refractivity contribution in [2.45, 2.75) is 37.8 Å². The number of rotatable bonds is 7. The Morgan fingerprint density at radius 1 is 1.18 bits per heavy atom. The highest BCUT2D eigenvalue weighted by atomic mass is 19.4. The largest absolute Gasteiger partial charge is 0.469 e. The predicted octanol–water partition coefficient (Wildman–Crippen LogP) is 3.59. The highest BCUT2D eigenvalue weighted by Gasteiger charge is 2.34. The van der Waals surface area contributed by atoms with Crippen LogP contribution in [0.3, 0.4) is 0 Å². The Hall–Kier alpha value is -4.04. The van der Waals surface area contributed by atoms with Crippen molar-refractivity contribution in [1.29, 1.82) is 0 Å². The van der Waals surface area contributed by atoms with Crippen LogP contribution in [0.15, 0.2) is 48.8 Å². The molecule has 1 radical (unpaired) electrons. The van der Waals surface area contributed by atoms with Gasteiger partial charge < -0.3 is 14.3 Å². The zero-order chi connectivity index (χ0) is 27.8. The topological polar surface area (TPSA) is 85.3 Å². The molecule has 0 amide bonds. The van der Waals surface area contributed by atoms with Gasteiger partial charge >= 0.3 is 12.1 Å². The van der Waals surface area contributed by atoms with E-state index < -0.39 is 23.4 Å². The lowest BCUT2D eigenvalue weighted by Gasteiger charge is -2.31. The number of ether oxygens (including phenoxy) is 1. The van der Waals surface area contributed by atoms with Gasteiger partial charge in [0.15, 0.2) is 0 Å². The van der Waals surface area contributed by atoms with Gasteiger partial charge in [-0.2, -0.15) is 13.2 Å². The number of aromatic nitrogens is 3. The van der Waals surface area contributed by atoms with Gasteiger partial charge in [0.1, 0.15) is 22.8 Å². The number of alkyl halides is 3. The van der Waals surface area contributed by atoms with Crippen molar-refractivity contribution >= 4 is 19.6 Å². The first-order valence-corrected chi connectivity index (χ1v) is 12.3. The lowest BCUT2D eigenvalue weighted by atomic mass is 9.84. The first-order valence-electron chi connectivity index (χ1n) is 12.3. The van der Waals surface area contributed by atoms with Gasteiger partial charge in [-0.3, -0.25) is 4.79 Å². The van der Waals surface area contributed by atoms with E-state index >= 15 is 0 Å². The molecule has 0 saturated carbocycles. The Bertz CT molecular complexity index is 1390. The summed E-state index contributed by atoms with van der Waals surface area (Å²) in [4.78, 5) is 36.7. The Morgan fingerprint density at radius 3 is 2.67 bits per heavy atom. The molecule has 0 bridgehead atoms. The summed E-state index contributed by atoms with van der Waals surface area (Å²) in [6.45, 7) is 1.62. The minimum absolute atomic E-state index is 0.111. The monoisotopic (exact) mass is 533 g/mol. The summed E-state index contributed by atoms with van der Waals surface area (Å²) >= 11 is 0. The lowest BCUT2D eigenvalue weighted by molar-refractivity contribution is -0.140. The van der Waals surface area contributed by atoms with Gasteiger partial charge in [0.05, 0.1) is 19.7 Å². The minimum atomic E-state index is -4.70. The second-order valence-corrected chi connectivity index (χ2v) is 9.10. The van der Waals surface area contributed by atoms with Gasteiger partial charge in [0.2, 0.25) is 0 Å². The predicted molar refractivity (Wildman–Crippen MR) is 138 cm³/mol. The molecule has 4 rings (SSSR count). The van der Waals surface area contributed by atoms with E-state index in [1.54, 1.807) is 19.5 Å². The van der Waals surface area contributed by atoms with E-state index in [1.165, 1.54) is 13.3 Å². The third-order valence-electron chi connectivity index (χ3n) is 6.43. The van der Waals surface area contributed by atoms with E-state index in [1.807, 2.05) is 29.1 Å². The SMILES string of the molecule is COC(=O)Cc1cccnc1C#Cc1nc(Cc2ccc(C3CCCN([B]C=O)C3)cc2)ncc1C(F)(F)F. The van der Waals surface area contributed by atoms with Crippen molar-refractivity contribution in [3.05, 3.63) is 88.3 Å². The van der Waals surface area contributed by atoms with Crippen molar-refractivity contribution in [2.24, 2.45) is 0 Å². The van der Waals surface area contributed by atoms with Crippen LogP contribution >= 0.6 is 0 Å². The summed E-state index contributed by atoms with van der Waals surface area (Å²) in [5, 5.41) is 0. The molecule has 1 saturated heterocycles. The molecule has 3 aromatic rings. The van der Waals surface area contributed by atoms with Crippen LogP contribution in [0.1, 0.15) is 58.2 Å². The second kappa shape index (κ2) is 12.7. The van der Waals surface area contributed by atoms with Gasteiger partial charge in [0, 0.05) is 18.8 Å². The summed E-state index contributed by atoms with van der Waals surface area (Å²) in [6, 6.07) is 11.0. The number of benzene rings is 1. The van der Waals surface area contributed by atoms with Crippen molar-refractivity contribution < 1.29 is 27.5 Å². The van der Waals surface area contributed by atoms with Crippen molar-refractivity contribution in [3.8, 4) is 11.8 Å². The Labute approximate surface area is 225 Å². The fraction of sp³-hybridized carbons (Fsp3) is 0.321. The standard InChI is InChI=1S/C28H25BF3N4O3/c1-39-27(38)15-21-4-2-12-33-24(21)10-11-25-23(28(30,31)32)16-34-26(35-25)14-19-6-8-20(9-7-19)22-5-3-13-36(17-22)29-18-37/h2,4,6-9,12,16,18,22H,3,5,13-15,17H2,1H3. The Morgan fingerprint density at radius 2 is 1.95 bits per heavy atom. The second-order valence-electron chi connectivity index (χ2n) is 9.10. The molecule has 11 heteroatoms. The summed E-state index contributed by atoms with van der Waals surface area (Å²) in [6.07, 6.45) is 0.404. The van der Waals surface area contributed by atoms with Crippen molar-refractivity contribution in [2.75, 3.05) is 20.2 Å². The Balaban J connectivity index is 1.56. The van der Waals surface area contributed by atoms with Gasteiger partial charge in [-0.25, -0.2) is 15.0 Å². The van der Waals surface area contributed by atoms with Crippen LogP contribution in [0.5, 0.6) is 0 Å². The maximum Gasteiger partial charge on any atom is 0.420 e. The number of pyridine rings is 1. The number of hydrogen-bond donors (Lipinski definition) is 0. The van der Waals surface area contributed by atoms with E-state index in [2.05, 4.69) is 31.5 Å². The molecule has 0 spiro atoms. The smallest absolute Gasteiger partial charge is 0.420 e. The molecule has 0 aliphatic carbocycles. The van der Waals surface area contributed by atoms with Crippen LogP contribution in [0.25, 0.3) is 0 Å². The molecular weight excluding hydrogens is 508 g/mol. The fourth-order valence-corrected chi connectivity index (χ4v) is 4.44. The van der Waals surface area contributed by atoms with Gasteiger partial charge in [0.25, 0.3) is 7.41 Å². The lowest BCUT2D eigenvalue weighted by Crippen LogP contribution is -2.37. The van der Waals surface area contributed by atoms with E-state index in [0.717, 1.165) is 49.4 Å². The number of methoxy groups -OCH3 is 1. The molecule has 2 aromatic heterocycles. The number of nitrogens with zero attached hydrogens (tertiary/aromatic N) is 4. The summed E-state index contributed by atoms with van der Waals surface area (Å²) < 4.78 is 45.7. The molecule has 7 nitrogen and oxygen atoms in total. The molecular formula is C28H25BF3N4O3. The molecule has 199 valence electrons. The maximum atomic E-state index is 13.7. The van der Waals surface area contributed by atoms with Crippen LogP contribution in [0.4, 0.5) is 13.2 Å². The number of esters is 1. The van der Waals surface area contributed by atoms with Crippen LogP contribution in [-0.2, 0) is 33.3 Å². The number of piperidine rings is 1. The average Bonchev–Trinajstić information content (AvgIpc) is 2.93. The normalized spacial score (nSPS) is 15.6. The zero-order valence-corrected chi connectivity index (χ0v) is 21.2. The maximum absolute atomic E-state index is 13.7. The van der Waals surface area contributed by atoms with Gasteiger partial charge in [-0.05, 0) is 66.4 Å². The Kier molecular flexibility index (Phi) is 9.09. The summed E-state index contributed by atoms with van der Waals surface area (Å²) in [5.41, 5.74) is 1.07. The van der Waals surface area contributed by atoms with Crippen molar-refractivity contribution in [1.82, 2.24) is 19.8 Å². The molecule has 1 unspecified atom stereocenters. The quantitative estimate of drug-likeness (QED) is 0.199. The van der Waals surface area contributed by atoms with Crippen LogP contribution in [-0.4, -0.2) is 59.5 Å². The van der Waals surface area contributed by atoms with E-state index in [-0.39, 0.29) is 24.4 Å². The molecule has 3 heterocycles. The highest BCUT2D eigenvalue weighted by Crippen LogP contribution is 2.31. The third-order valence-corrected chi connectivity index (χ3v) is 6.43. The number of halogens is 3. The van der Waals surface area contributed by atoms with Crippen LogP contribution in [0, 0.1) is 11.8 Å². The first-order chi connectivity index (χ1) is 18.8. The molecule has 1 atom stereocenters. The van der Waals surface area contributed by atoms with Gasteiger partial charge in [-0.15, -0.1) is 0 Å². The zero-order valence-electron chi connectivity index (χ0n) is 21.2. The highest BCUT2D eigenvalue weighted by molar-refractivity contribution is 6.64. The van der Waals surface area contributed by atoms with E-state index in [9.17, 15) is 22.8 Å². The van der Waals surface area contributed by atoms with E-state index in [0.29, 0.717) is 11.5 Å². The van der Waals surface area contributed by atoms with Gasteiger partial charge in [-0.1, -0.05) is 30.3 Å². The minimum Gasteiger partial charge on any atom is -0.469 e. The summed E-state index contributed by atoms with van der Waals surface area (Å²) in [7, 11) is 2.81. The molecule has 39 heavy (non-hydrogen) atoms. The molecule has 1 fully saturated rings. The molecule has 0 N–H and O–H groups in total. The van der Waals surface area contributed by atoms with Crippen LogP contribution in [0.2, 0.25) is 0 Å². The average molecular weight is 533 g/mol. The number of carbonyl (C=O) groups excluding carboxylic acids is 2. The number of hydrogen-bond acceptors (Lipinski definition) is 7. The summed E-state index contributed by atoms with van der Waals surface area (Å²) in [5.74, 6) is 5.10. The molecule has 1 aromatic carbocycles. The fourth-order valence-electron chi connectivity index (χ4n) is 4.44. The van der Waals surface area contributed by atoms with E-state index in [4.69, 9.17) is 0 Å². The van der Waals surface area contributed by atoms with Crippen molar-refractivity contribution in [3.63, 3.8) is 0 Å². The third kappa shape index (κ3) is 7.51. The molecule has 1 aliphatic rings. The van der Waals surface area contributed by atoms with Crippen LogP contribution < -0.4 is 0 Å².